The van der Waals surface area contributed by atoms with E-state index < -0.39 is 0 Å². The highest BCUT2D eigenvalue weighted by Crippen LogP contribution is 2.34. The molecule has 2 heterocycles. The Kier molecular flexibility index (Phi) is 5.77. The summed E-state index contributed by atoms with van der Waals surface area (Å²) in [5, 5.41) is 4.27. The molecule has 4 nitrogen and oxygen atoms in total. The van der Waals surface area contributed by atoms with Crippen molar-refractivity contribution in [3.63, 3.8) is 0 Å². The van der Waals surface area contributed by atoms with E-state index in [2.05, 4.69) is 40.5 Å². The molecule has 1 saturated heterocycles. The van der Waals surface area contributed by atoms with Gasteiger partial charge in [-0.05, 0) is 80.7 Å². The molecule has 1 aliphatic rings. The number of carbonyl (C=O) groups excluding carboxylic acids is 1. The van der Waals surface area contributed by atoms with Crippen molar-refractivity contribution in [2.45, 2.75) is 38.5 Å². The number of hydrogen-bond acceptors (Lipinski definition) is 2. The molecule has 4 heteroatoms. The molecule has 4 rings (SSSR count). The van der Waals surface area contributed by atoms with Crippen LogP contribution in [-0.4, -0.2) is 35.4 Å². The number of H-pyrrole nitrogens is 1. The van der Waals surface area contributed by atoms with Crippen LogP contribution in [0, 0.1) is 0 Å². The van der Waals surface area contributed by atoms with Gasteiger partial charge in [0.05, 0.1) is 0 Å². The molecule has 1 aliphatic heterocycles. The molecule has 0 bridgehead atoms. The van der Waals surface area contributed by atoms with Crippen molar-refractivity contribution < 1.29 is 4.79 Å². The molecule has 1 amide bonds. The largest absolute Gasteiger partial charge is 0.361 e. The lowest BCUT2D eigenvalue weighted by molar-refractivity contribution is 0.102. The smallest absolute Gasteiger partial charge is 0.255 e. The number of carbonyl (C=O) groups is 1. The average molecular weight is 376 g/mol. The monoisotopic (exact) mass is 375 g/mol. The summed E-state index contributed by atoms with van der Waals surface area (Å²) in [6, 6.07) is 15.5. The lowest BCUT2D eigenvalue weighted by atomic mass is 9.89. The number of aromatic amines is 1. The van der Waals surface area contributed by atoms with Gasteiger partial charge >= 0.3 is 0 Å². The fourth-order valence-corrected chi connectivity index (χ4v) is 4.20. The van der Waals surface area contributed by atoms with Gasteiger partial charge in [0, 0.05) is 28.4 Å². The zero-order valence-corrected chi connectivity index (χ0v) is 16.6. The van der Waals surface area contributed by atoms with Crippen LogP contribution >= 0.6 is 0 Å². The molecular weight excluding hydrogens is 346 g/mol. The number of likely N-dealkylation sites (tertiary alicyclic amines) is 1. The molecule has 0 spiro atoms. The molecule has 3 aromatic rings. The first-order chi connectivity index (χ1) is 13.7. The number of piperidine rings is 1. The van der Waals surface area contributed by atoms with Crippen LogP contribution in [0.1, 0.15) is 54.4 Å². The molecule has 2 N–H and O–H groups in total. The Hall–Kier alpha value is -2.59. The van der Waals surface area contributed by atoms with Gasteiger partial charge in [0.15, 0.2) is 0 Å². The molecule has 0 saturated carbocycles. The number of nitrogens with one attached hydrogen (secondary N) is 2. The van der Waals surface area contributed by atoms with Crippen molar-refractivity contribution in [1.29, 1.82) is 0 Å². The zero-order valence-electron chi connectivity index (χ0n) is 16.6. The number of amides is 1. The number of benzene rings is 2. The Balaban J connectivity index is 1.48. The molecule has 1 fully saturated rings. The molecular formula is C24H29N3O. The molecule has 0 unspecified atom stereocenters. The van der Waals surface area contributed by atoms with E-state index >= 15 is 0 Å². The van der Waals surface area contributed by atoms with Crippen molar-refractivity contribution in [3.05, 3.63) is 65.9 Å². The minimum absolute atomic E-state index is 0.0683. The predicted octanol–water partition coefficient (Wildman–Crippen LogP) is 5.40. The fraction of sp³-hybridized carbons (Fsp3) is 0.375. The number of rotatable bonds is 6. The topological polar surface area (TPSA) is 48.1 Å². The number of aromatic nitrogens is 1. The quantitative estimate of drug-likeness (QED) is 0.606. The average Bonchev–Trinajstić information content (AvgIpc) is 3.16. The third-order valence-corrected chi connectivity index (χ3v) is 5.86. The van der Waals surface area contributed by atoms with Crippen LogP contribution in [0.4, 0.5) is 5.69 Å². The van der Waals surface area contributed by atoms with E-state index in [1.54, 1.807) is 0 Å². The Morgan fingerprint density at radius 3 is 2.68 bits per heavy atom. The van der Waals surface area contributed by atoms with Crippen molar-refractivity contribution in [2.24, 2.45) is 0 Å². The van der Waals surface area contributed by atoms with E-state index in [0.29, 0.717) is 11.5 Å². The van der Waals surface area contributed by atoms with Gasteiger partial charge in [0.25, 0.3) is 5.91 Å². The summed E-state index contributed by atoms with van der Waals surface area (Å²) in [5.74, 6) is 0.521. The van der Waals surface area contributed by atoms with E-state index in [1.807, 2.05) is 36.4 Å². The maximum absolute atomic E-state index is 12.5. The minimum Gasteiger partial charge on any atom is -0.361 e. The summed E-state index contributed by atoms with van der Waals surface area (Å²) >= 11 is 0. The summed E-state index contributed by atoms with van der Waals surface area (Å²) in [7, 11) is 0. The van der Waals surface area contributed by atoms with Crippen LogP contribution in [0.25, 0.3) is 10.9 Å². The molecule has 0 radical (unpaired) electrons. The van der Waals surface area contributed by atoms with Gasteiger partial charge in [-0.25, -0.2) is 0 Å². The first-order valence-corrected chi connectivity index (χ1v) is 10.4. The molecule has 28 heavy (non-hydrogen) atoms. The van der Waals surface area contributed by atoms with E-state index in [1.165, 1.54) is 56.3 Å². The summed E-state index contributed by atoms with van der Waals surface area (Å²) in [5.41, 5.74) is 4.06. The number of nitrogens with zero attached hydrogens (tertiary/aromatic N) is 1. The van der Waals surface area contributed by atoms with Crippen LogP contribution in [-0.2, 0) is 0 Å². The second kappa shape index (κ2) is 8.61. The summed E-state index contributed by atoms with van der Waals surface area (Å²) in [6.45, 7) is 5.85. The summed E-state index contributed by atoms with van der Waals surface area (Å²) < 4.78 is 0. The lowest BCUT2D eigenvalue weighted by Crippen LogP contribution is -2.33. The Labute approximate surface area is 166 Å². The van der Waals surface area contributed by atoms with Gasteiger partial charge in [-0.2, -0.15) is 0 Å². The fourth-order valence-electron chi connectivity index (χ4n) is 4.20. The minimum atomic E-state index is -0.0683. The molecule has 0 atom stereocenters. The highest BCUT2D eigenvalue weighted by Gasteiger charge is 2.22. The second-order valence-electron chi connectivity index (χ2n) is 7.79. The van der Waals surface area contributed by atoms with Crippen LogP contribution in [0.2, 0.25) is 0 Å². The van der Waals surface area contributed by atoms with Gasteiger partial charge in [-0.1, -0.05) is 31.5 Å². The van der Waals surface area contributed by atoms with E-state index in [0.717, 1.165) is 11.2 Å². The van der Waals surface area contributed by atoms with Crippen molar-refractivity contribution in [3.8, 4) is 0 Å². The van der Waals surface area contributed by atoms with Crippen molar-refractivity contribution in [1.82, 2.24) is 9.88 Å². The van der Waals surface area contributed by atoms with Crippen LogP contribution in [0.3, 0.4) is 0 Å². The predicted molar refractivity (Wildman–Crippen MR) is 116 cm³/mol. The highest BCUT2D eigenvalue weighted by atomic mass is 16.1. The number of fused-ring (bicyclic) bond motifs is 1. The van der Waals surface area contributed by atoms with E-state index in [4.69, 9.17) is 0 Å². The molecule has 0 aliphatic carbocycles. The SMILES string of the molecule is CCCCN1CCC(c2c[nH]c3ccc(NC(=O)c4ccccc4)cc23)CC1. The Bertz CT molecular complexity index is 923. The first-order valence-electron chi connectivity index (χ1n) is 10.4. The second-order valence-corrected chi connectivity index (χ2v) is 7.79. The maximum Gasteiger partial charge on any atom is 0.255 e. The molecule has 2 aromatic carbocycles. The molecule has 146 valence electrons. The van der Waals surface area contributed by atoms with Crippen LogP contribution in [0.15, 0.2) is 54.7 Å². The number of anilines is 1. The van der Waals surface area contributed by atoms with Gasteiger partial charge < -0.3 is 15.2 Å². The van der Waals surface area contributed by atoms with E-state index in [9.17, 15) is 4.79 Å². The van der Waals surface area contributed by atoms with Crippen molar-refractivity contribution in [2.75, 3.05) is 25.0 Å². The van der Waals surface area contributed by atoms with Gasteiger partial charge in [0.1, 0.15) is 0 Å². The number of unbranched alkanes of at least 4 members (excludes halogenated alkanes) is 1. The number of hydrogen-bond donors (Lipinski definition) is 2. The van der Waals surface area contributed by atoms with E-state index in [-0.39, 0.29) is 5.91 Å². The first kappa shape index (κ1) is 18.8. The van der Waals surface area contributed by atoms with Gasteiger partial charge in [-0.3, -0.25) is 4.79 Å². The van der Waals surface area contributed by atoms with Gasteiger partial charge in [0.2, 0.25) is 0 Å². The Morgan fingerprint density at radius 2 is 1.93 bits per heavy atom. The van der Waals surface area contributed by atoms with Crippen LogP contribution < -0.4 is 5.32 Å². The normalized spacial score (nSPS) is 15.8. The standard InChI is InChI=1S/C24H29N3O/c1-2-3-13-27-14-11-18(12-15-27)22-17-25-23-10-9-20(16-21(22)23)26-24(28)19-7-5-4-6-8-19/h4-10,16-18,25H,2-3,11-15H2,1H3,(H,26,28). The zero-order chi connectivity index (χ0) is 19.3. The summed E-state index contributed by atoms with van der Waals surface area (Å²) in [4.78, 5) is 18.5. The Morgan fingerprint density at radius 1 is 1.14 bits per heavy atom. The third kappa shape index (κ3) is 4.12. The lowest BCUT2D eigenvalue weighted by Gasteiger charge is -2.31. The highest BCUT2D eigenvalue weighted by molar-refractivity contribution is 6.05. The third-order valence-electron chi connectivity index (χ3n) is 5.86. The van der Waals surface area contributed by atoms with Crippen LogP contribution in [0.5, 0.6) is 0 Å². The summed E-state index contributed by atoms with van der Waals surface area (Å²) in [6.07, 6.45) is 7.14. The maximum atomic E-state index is 12.5. The molecule has 1 aromatic heterocycles. The van der Waals surface area contributed by atoms with Gasteiger partial charge in [-0.15, -0.1) is 0 Å². The van der Waals surface area contributed by atoms with Crippen molar-refractivity contribution >= 4 is 22.5 Å².